The molecule has 0 saturated heterocycles. The monoisotopic (exact) mass is 179 g/mol. The molecule has 0 fully saturated rings. The number of aryl methyl sites for hydroxylation is 2. The second-order valence-corrected chi connectivity index (χ2v) is 3.06. The summed E-state index contributed by atoms with van der Waals surface area (Å²) < 4.78 is 18.2. The molecule has 68 valence electrons. The van der Waals surface area contributed by atoms with E-state index in [1.165, 1.54) is 6.07 Å². The first-order chi connectivity index (χ1) is 6.22. The highest BCUT2D eigenvalue weighted by molar-refractivity contribution is 5.80. The molecule has 13 heavy (non-hydrogen) atoms. The van der Waals surface area contributed by atoms with E-state index >= 15 is 0 Å². The molecular formula is C10H10FNO. The number of benzene rings is 1. The van der Waals surface area contributed by atoms with Gasteiger partial charge in [0.1, 0.15) is 5.82 Å². The lowest BCUT2D eigenvalue weighted by Crippen LogP contribution is -1.86. The van der Waals surface area contributed by atoms with Crippen molar-refractivity contribution in [3.63, 3.8) is 0 Å². The highest BCUT2D eigenvalue weighted by atomic mass is 19.1. The minimum absolute atomic E-state index is 0.217. The Kier molecular flexibility index (Phi) is 1.79. The summed E-state index contributed by atoms with van der Waals surface area (Å²) >= 11 is 0. The fourth-order valence-corrected chi connectivity index (χ4v) is 1.40. The SMILES string of the molecule is CCc1cc2c(C)noc2cc1F. The molecule has 0 N–H and O–H groups in total. The molecule has 0 aliphatic carbocycles. The van der Waals surface area contributed by atoms with Crippen LogP contribution in [0.5, 0.6) is 0 Å². The van der Waals surface area contributed by atoms with E-state index in [9.17, 15) is 4.39 Å². The number of aromatic nitrogens is 1. The molecule has 2 aromatic rings. The Morgan fingerprint density at radius 2 is 2.23 bits per heavy atom. The largest absolute Gasteiger partial charge is 0.356 e. The van der Waals surface area contributed by atoms with Gasteiger partial charge in [-0.1, -0.05) is 12.1 Å². The normalized spacial score (nSPS) is 11.0. The van der Waals surface area contributed by atoms with Crippen molar-refractivity contribution in [1.29, 1.82) is 0 Å². The van der Waals surface area contributed by atoms with Crippen molar-refractivity contribution in [1.82, 2.24) is 5.16 Å². The lowest BCUT2D eigenvalue weighted by molar-refractivity contribution is 0.448. The van der Waals surface area contributed by atoms with Crippen molar-refractivity contribution in [3.05, 3.63) is 29.2 Å². The molecule has 0 aliphatic rings. The van der Waals surface area contributed by atoms with Crippen LogP contribution in [-0.2, 0) is 6.42 Å². The Labute approximate surface area is 75.3 Å². The molecule has 0 spiro atoms. The maximum absolute atomic E-state index is 13.2. The van der Waals surface area contributed by atoms with Gasteiger partial charge in [-0.25, -0.2) is 4.39 Å². The van der Waals surface area contributed by atoms with Crippen molar-refractivity contribution in [2.75, 3.05) is 0 Å². The van der Waals surface area contributed by atoms with Gasteiger partial charge in [0, 0.05) is 11.5 Å². The van der Waals surface area contributed by atoms with Crippen LogP contribution in [0.1, 0.15) is 18.2 Å². The lowest BCUT2D eigenvalue weighted by Gasteiger charge is -1.97. The van der Waals surface area contributed by atoms with Gasteiger partial charge in [-0.2, -0.15) is 0 Å². The number of halogens is 1. The molecular weight excluding hydrogens is 169 g/mol. The van der Waals surface area contributed by atoms with E-state index in [4.69, 9.17) is 4.52 Å². The lowest BCUT2D eigenvalue weighted by atomic mass is 10.1. The van der Waals surface area contributed by atoms with Gasteiger partial charge in [0.15, 0.2) is 5.58 Å². The summed E-state index contributed by atoms with van der Waals surface area (Å²) in [6.07, 6.45) is 0.687. The molecule has 0 radical (unpaired) electrons. The average Bonchev–Trinajstić information content (AvgIpc) is 2.46. The highest BCUT2D eigenvalue weighted by Gasteiger charge is 2.08. The van der Waals surface area contributed by atoms with Crippen LogP contribution in [-0.4, -0.2) is 5.16 Å². The van der Waals surface area contributed by atoms with E-state index in [0.29, 0.717) is 17.6 Å². The summed E-state index contributed by atoms with van der Waals surface area (Å²) in [5.41, 5.74) is 2.04. The topological polar surface area (TPSA) is 26.0 Å². The summed E-state index contributed by atoms with van der Waals surface area (Å²) in [6, 6.07) is 3.20. The zero-order valence-corrected chi connectivity index (χ0v) is 7.60. The first kappa shape index (κ1) is 8.23. The second kappa shape index (κ2) is 2.83. The fourth-order valence-electron chi connectivity index (χ4n) is 1.40. The Bertz CT molecular complexity index is 447. The molecule has 1 aromatic carbocycles. The summed E-state index contributed by atoms with van der Waals surface area (Å²) in [6.45, 7) is 3.77. The highest BCUT2D eigenvalue weighted by Crippen LogP contribution is 2.22. The van der Waals surface area contributed by atoms with Crippen LogP contribution in [0.3, 0.4) is 0 Å². The van der Waals surface area contributed by atoms with Crippen molar-refractivity contribution in [3.8, 4) is 0 Å². The predicted molar refractivity (Wildman–Crippen MR) is 48.1 cm³/mol. The summed E-state index contributed by atoms with van der Waals surface area (Å²) in [7, 11) is 0. The van der Waals surface area contributed by atoms with E-state index < -0.39 is 0 Å². The van der Waals surface area contributed by atoms with Gasteiger partial charge in [-0.3, -0.25) is 0 Å². The van der Waals surface area contributed by atoms with Crippen molar-refractivity contribution in [2.24, 2.45) is 0 Å². The fraction of sp³-hybridized carbons (Fsp3) is 0.300. The molecule has 0 bridgehead atoms. The number of hydrogen-bond acceptors (Lipinski definition) is 2. The van der Waals surface area contributed by atoms with Crippen LogP contribution in [0, 0.1) is 12.7 Å². The van der Waals surface area contributed by atoms with Gasteiger partial charge in [0.05, 0.1) is 5.69 Å². The Hall–Kier alpha value is -1.38. The predicted octanol–water partition coefficient (Wildman–Crippen LogP) is 2.84. The minimum atomic E-state index is -0.217. The van der Waals surface area contributed by atoms with Crippen LogP contribution < -0.4 is 0 Å². The standard InChI is InChI=1S/C10H10FNO/c1-3-7-4-8-6(2)12-13-10(8)5-9(7)11/h4-5H,3H2,1-2H3. The van der Waals surface area contributed by atoms with Gasteiger partial charge < -0.3 is 4.52 Å². The van der Waals surface area contributed by atoms with Crippen LogP contribution in [0.15, 0.2) is 16.7 Å². The molecule has 0 amide bonds. The quantitative estimate of drug-likeness (QED) is 0.672. The van der Waals surface area contributed by atoms with E-state index in [0.717, 1.165) is 11.1 Å². The molecule has 0 aliphatic heterocycles. The van der Waals surface area contributed by atoms with Gasteiger partial charge in [-0.15, -0.1) is 0 Å². The van der Waals surface area contributed by atoms with Crippen LogP contribution in [0.2, 0.25) is 0 Å². The van der Waals surface area contributed by atoms with Crippen LogP contribution in [0.4, 0.5) is 4.39 Å². The summed E-state index contributed by atoms with van der Waals surface area (Å²) in [4.78, 5) is 0. The number of nitrogens with zero attached hydrogens (tertiary/aromatic N) is 1. The van der Waals surface area contributed by atoms with E-state index in [-0.39, 0.29) is 5.82 Å². The van der Waals surface area contributed by atoms with Gasteiger partial charge >= 0.3 is 0 Å². The molecule has 1 heterocycles. The Morgan fingerprint density at radius 3 is 2.92 bits per heavy atom. The summed E-state index contributed by atoms with van der Waals surface area (Å²) in [5, 5.41) is 4.67. The zero-order chi connectivity index (χ0) is 9.42. The van der Waals surface area contributed by atoms with Crippen LogP contribution in [0.25, 0.3) is 11.0 Å². The maximum Gasteiger partial charge on any atom is 0.170 e. The van der Waals surface area contributed by atoms with Crippen molar-refractivity contribution in [2.45, 2.75) is 20.3 Å². The van der Waals surface area contributed by atoms with Crippen molar-refractivity contribution < 1.29 is 8.91 Å². The van der Waals surface area contributed by atoms with Gasteiger partial charge in [0.2, 0.25) is 0 Å². The number of rotatable bonds is 1. The van der Waals surface area contributed by atoms with Crippen LogP contribution >= 0.6 is 0 Å². The van der Waals surface area contributed by atoms with E-state index in [1.54, 1.807) is 6.07 Å². The average molecular weight is 179 g/mol. The third-order valence-electron chi connectivity index (χ3n) is 2.20. The van der Waals surface area contributed by atoms with Gasteiger partial charge in [0.25, 0.3) is 0 Å². The Morgan fingerprint density at radius 1 is 1.46 bits per heavy atom. The molecule has 0 saturated carbocycles. The number of hydrogen-bond donors (Lipinski definition) is 0. The molecule has 2 rings (SSSR count). The first-order valence-electron chi connectivity index (χ1n) is 4.26. The van der Waals surface area contributed by atoms with E-state index in [2.05, 4.69) is 5.16 Å². The zero-order valence-electron chi connectivity index (χ0n) is 7.60. The third-order valence-corrected chi connectivity index (χ3v) is 2.20. The summed E-state index contributed by atoms with van der Waals surface area (Å²) in [5.74, 6) is -0.217. The first-order valence-corrected chi connectivity index (χ1v) is 4.26. The molecule has 0 atom stereocenters. The minimum Gasteiger partial charge on any atom is -0.356 e. The Balaban J connectivity index is 2.77. The smallest absolute Gasteiger partial charge is 0.170 e. The van der Waals surface area contributed by atoms with Crippen molar-refractivity contribution >= 4 is 11.0 Å². The molecule has 3 heteroatoms. The third kappa shape index (κ3) is 1.20. The maximum atomic E-state index is 13.2. The van der Waals surface area contributed by atoms with E-state index in [1.807, 2.05) is 13.8 Å². The second-order valence-electron chi connectivity index (χ2n) is 3.06. The number of fused-ring (bicyclic) bond motifs is 1. The molecule has 1 aromatic heterocycles. The van der Waals surface area contributed by atoms with Gasteiger partial charge in [-0.05, 0) is 25.0 Å². The molecule has 2 nitrogen and oxygen atoms in total. The molecule has 0 unspecified atom stereocenters.